The van der Waals surface area contributed by atoms with Gasteiger partial charge in [0.25, 0.3) is 0 Å². The third-order valence-corrected chi connectivity index (χ3v) is 7.55. The topological polar surface area (TPSA) is 88.7 Å². The highest BCUT2D eigenvalue weighted by molar-refractivity contribution is 5.98. The van der Waals surface area contributed by atoms with Crippen LogP contribution in [0.3, 0.4) is 0 Å². The standard InChI is InChI=1S/C29H30FN5O/c1-17-16-35(20-11-12-21(28(31)36)24(15-20)32-19-6-3-2-4-7-19)26-9-5-8-22(27(17)26)29-33-23-13-10-18(30)14-25(23)34-29/h5,8-10,12-16,19-20,32H,2-4,6-7,11H2,1H3,(H2,31,36)(H,33,34). The van der Waals surface area contributed by atoms with Crippen LogP contribution in [-0.4, -0.2) is 26.5 Å². The van der Waals surface area contributed by atoms with Crippen LogP contribution in [0.25, 0.3) is 33.3 Å². The summed E-state index contributed by atoms with van der Waals surface area (Å²) in [6, 6.07) is 11.2. The van der Waals surface area contributed by atoms with Crippen molar-refractivity contribution < 1.29 is 9.18 Å². The lowest BCUT2D eigenvalue weighted by atomic mass is 9.93. The number of carbonyl (C=O) groups is 1. The maximum Gasteiger partial charge on any atom is 0.250 e. The van der Waals surface area contributed by atoms with Gasteiger partial charge < -0.3 is 20.6 Å². The number of nitrogens with one attached hydrogen (secondary N) is 2. The van der Waals surface area contributed by atoms with Gasteiger partial charge in [-0.05, 0) is 62.1 Å². The predicted molar refractivity (Wildman–Crippen MR) is 141 cm³/mol. The van der Waals surface area contributed by atoms with Crippen LogP contribution < -0.4 is 11.1 Å². The maximum atomic E-state index is 13.7. The van der Waals surface area contributed by atoms with E-state index in [4.69, 9.17) is 10.7 Å². The number of primary amides is 1. The van der Waals surface area contributed by atoms with Crippen LogP contribution >= 0.6 is 0 Å². The van der Waals surface area contributed by atoms with E-state index in [9.17, 15) is 9.18 Å². The molecule has 1 unspecified atom stereocenters. The first-order valence-corrected chi connectivity index (χ1v) is 12.7. The first-order chi connectivity index (χ1) is 17.5. The highest BCUT2D eigenvalue weighted by atomic mass is 19.1. The minimum atomic E-state index is -0.389. The van der Waals surface area contributed by atoms with Crippen LogP contribution in [0.15, 0.2) is 66.0 Å². The first kappa shape index (κ1) is 22.6. The lowest BCUT2D eigenvalue weighted by Crippen LogP contribution is -2.35. The van der Waals surface area contributed by atoms with Crippen LogP contribution in [0, 0.1) is 12.7 Å². The molecule has 6 nitrogen and oxygen atoms in total. The van der Waals surface area contributed by atoms with Crippen LogP contribution in [0.4, 0.5) is 4.39 Å². The number of carbonyl (C=O) groups excluding carboxylic acids is 1. The molecule has 2 aliphatic rings. The van der Waals surface area contributed by atoms with Gasteiger partial charge in [0.1, 0.15) is 11.6 Å². The summed E-state index contributed by atoms with van der Waals surface area (Å²) in [4.78, 5) is 20.2. The fraction of sp³-hybridized carbons (Fsp3) is 0.310. The van der Waals surface area contributed by atoms with Crippen LogP contribution in [0.1, 0.15) is 50.1 Å². The molecule has 4 aromatic rings. The molecular formula is C29H30FN5O. The molecule has 0 radical (unpaired) electrons. The number of amides is 1. The Kier molecular flexibility index (Phi) is 5.63. The van der Waals surface area contributed by atoms with E-state index in [-0.39, 0.29) is 17.8 Å². The molecule has 4 N–H and O–H groups in total. The third-order valence-electron chi connectivity index (χ3n) is 7.55. The number of hydrogen-bond acceptors (Lipinski definition) is 3. The van der Waals surface area contributed by atoms with E-state index in [0.29, 0.717) is 23.6 Å². The minimum absolute atomic E-state index is 0.0513. The molecule has 2 heterocycles. The van der Waals surface area contributed by atoms with Crippen molar-refractivity contribution in [3.05, 3.63) is 77.4 Å². The van der Waals surface area contributed by atoms with Crippen molar-refractivity contribution in [1.29, 1.82) is 0 Å². The molecule has 0 aliphatic heterocycles. The minimum Gasteiger partial charge on any atom is -0.382 e. The highest BCUT2D eigenvalue weighted by Gasteiger charge is 2.25. The lowest BCUT2D eigenvalue weighted by Gasteiger charge is -2.29. The number of aromatic amines is 1. The van der Waals surface area contributed by atoms with Gasteiger partial charge in [-0.1, -0.05) is 37.5 Å². The number of allylic oxidation sites excluding steroid dienone is 2. The number of fused-ring (bicyclic) bond motifs is 2. The number of halogens is 1. The fourth-order valence-electron chi connectivity index (χ4n) is 5.81. The highest BCUT2D eigenvalue weighted by Crippen LogP contribution is 2.36. The van der Waals surface area contributed by atoms with Crippen LogP contribution in [-0.2, 0) is 4.79 Å². The smallest absolute Gasteiger partial charge is 0.250 e. The number of rotatable bonds is 5. The Morgan fingerprint density at radius 3 is 2.83 bits per heavy atom. The Balaban J connectivity index is 1.40. The number of nitrogens with zero attached hydrogens (tertiary/aromatic N) is 2. The molecular weight excluding hydrogens is 453 g/mol. The van der Waals surface area contributed by atoms with E-state index in [1.54, 1.807) is 6.07 Å². The molecule has 184 valence electrons. The summed E-state index contributed by atoms with van der Waals surface area (Å²) in [6.07, 6.45) is 12.9. The molecule has 1 saturated carbocycles. The Hall–Kier alpha value is -3.87. The maximum absolute atomic E-state index is 13.7. The van der Waals surface area contributed by atoms with E-state index in [2.05, 4.69) is 40.1 Å². The molecule has 7 heteroatoms. The summed E-state index contributed by atoms with van der Waals surface area (Å²) < 4.78 is 16.0. The number of aromatic nitrogens is 3. The lowest BCUT2D eigenvalue weighted by molar-refractivity contribution is -0.114. The van der Waals surface area contributed by atoms with E-state index in [0.717, 1.165) is 51.9 Å². The molecule has 0 bridgehead atoms. The summed E-state index contributed by atoms with van der Waals surface area (Å²) in [5.74, 6) is 0.0420. The largest absolute Gasteiger partial charge is 0.382 e. The van der Waals surface area contributed by atoms with E-state index >= 15 is 0 Å². The summed E-state index contributed by atoms with van der Waals surface area (Å²) >= 11 is 0. The van der Waals surface area contributed by atoms with E-state index < -0.39 is 0 Å². The number of benzene rings is 2. The van der Waals surface area contributed by atoms with Gasteiger partial charge in [-0.3, -0.25) is 4.79 Å². The van der Waals surface area contributed by atoms with Gasteiger partial charge in [0.05, 0.1) is 22.6 Å². The Morgan fingerprint density at radius 2 is 2.03 bits per heavy atom. The van der Waals surface area contributed by atoms with E-state index in [1.807, 2.05) is 18.2 Å². The van der Waals surface area contributed by atoms with Crippen LogP contribution in [0.5, 0.6) is 0 Å². The predicted octanol–water partition coefficient (Wildman–Crippen LogP) is 5.79. The third kappa shape index (κ3) is 3.98. The van der Waals surface area contributed by atoms with Crippen molar-refractivity contribution in [3.8, 4) is 11.4 Å². The van der Waals surface area contributed by atoms with E-state index in [1.165, 1.54) is 31.4 Å². The molecule has 1 atom stereocenters. The quantitative estimate of drug-likeness (QED) is 0.335. The average Bonchev–Trinajstić information content (AvgIpc) is 3.45. The monoisotopic (exact) mass is 483 g/mol. The summed E-state index contributed by atoms with van der Waals surface area (Å²) in [5, 5.41) is 4.74. The first-order valence-electron chi connectivity index (χ1n) is 12.7. The summed E-state index contributed by atoms with van der Waals surface area (Å²) in [6.45, 7) is 2.10. The molecule has 2 aromatic carbocycles. The number of hydrogen-bond donors (Lipinski definition) is 3. The van der Waals surface area contributed by atoms with Gasteiger partial charge in [-0.2, -0.15) is 0 Å². The van der Waals surface area contributed by atoms with Crippen molar-refractivity contribution >= 4 is 27.8 Å². The molecule has 36 heavy (non-hydrogen) atoms. The van der Waals surface area contributed by atoms with Crippen LogP contribution in [0.2, 0.25) is 0 Å². The number of imidazole rings is 1. The van der Waals surface area contributed by atoms with Gasteiger partial charge in [-0.15, -0.1) is 0 Å². The fourth-order valence-corrected chi connectivity index (χ4v) is 5.81. The molecule has 6 rings (SSSR count). The number of H-pyrrole nitrogens is 1. The van der Waals surface area contributed by atoms with Crippen molar-refractivity contribution in [2.45, 2.75) is 57.5 Å². The SMILES string of the molecule is Cc1cn(C2C=C(NC3CCCCC3)C(C(N)=O)=CC2)c2cccc(-c3nc4ccc(F)cc4[nH]3)c12. The second-order valence-corrected chi connectivity index (χ2v) is 10.0. The Labute approximate surface area is 209 Å². The Bertz CT molecular complexity index is 1540. The normalized spacial score (nSPS) is 18.9. The molecule has 0 spiro atoms. The summed E-state index contributed by atoms with van der Waals surface area (Å²) in [7, 11) is 0. The molecule has 1 amide bonds. The van der Waals surface area contributed by atoms with Crippen molar-refractivity contribution in [2.24, 2.45) is 5.73 Å². The second kappa shape index (κ2) is 8.97. The zero-order chi connectivity index (χ0) is 24.8. The van der Waals surface area contributed by atoms with Gasteiger partial charge >= 0.3 is 0 Å². The average molecular weight is 484 g/mol. The summed E-state index contributed by atoms with van der Waals surface area (Å²) in [5.41, 5.74) is 11.8. The van der Waals surface area contributed by atoms with Crippen molar-refractivity contribution in [3.63, 3.8) is 0 Å². The molecule has 2 aromatic heterocycles. The second-order valence-electron chi connectivity index (χ2n) is 10.0. The number of nitrogens with two attached hydrogens (primary N) is 1. The van der Waals surface area contributed by atoms with Gasteiger partial charge in [0, 0.05) is 34.4 Å². The van der Waals surface area contributed by atoms with Gasteiger partial charge in [0.2, 0.25) is 5.91 Å². The Morgan fingerprint density at radius 1 is 1.19 bits per heavy atom. The zero-order valence-corrected chi connectivity index (χ0v) is 20.4. The zero-order valence-electron chi connectivity index (χ0n) is 20.4. The molecule has 1 fully saturated rings. The van der Waals surface area contributed by atoms with Crippen molar-refractivity contribution in [1.82, 2.24) is 19.9 Å². The van der Waals surface area contributed by atoms with Gasteiger partial charge in [-0.25, -0.2) is 9.37 Å². The van der Waals surface area contributed by atoms with Gasteiger partial charge in [0.15, 0.2) is 0 Å². The molecule has 2 aliphatic carbocycles. The van der Waals surface area contributed by atoms with Crippen molar-refractivity contribution in [2.75, 3.05) is 0 Å². The number of aryl methyl sites for hydroxylation is 1. The molecule has 0 saturated heterocycles.